The number of nitrogens with zero attached hydrogens (tertiary/aromatic N) is 1. The lowest BCUT2D eigenvalue weighted by molar-refractivity contribution is -0.137. The second kappa shape index (κ2) is 7.92. The molecule has 0 aromatic heterocycles. The smallest absolute Gasteiger partial charge is 0.316 e. The maximum absolute atomic E-state index is 11.1. The highest BCUT2D eigenvalue weighted by Crippen LogP contribution is 1.95. The third kappa shape index (κ3) is 8.05. The molecule has 16 heavy (non-hydrogen) atoms. The first-order valence-corrected chi connectivity index (χ1v) is 5.33. The third-order valence-corrected chi connectivity index (χ3v) is 2.09. The van der Waals surface area contributed by atoms with E-state index in [-0.39, 0.29) is 18.5 Å². The van der Waals surface area contributed by atoms with Gasteiger partial charge in [0.25, 0.3) is 0 Å². The molecule has 0 aliphatic heterocycles. The zero-order valence-corrected chi connectivity index (χ0v) is 10.1. The number of carbonyl (C=O) groups excluding carboxylic acids is 1. The normalized spacial score (nSPS) is 11.9. The van der Waals surface area contributed by atoms with Gasteiger partial charge in [-0.2, -0.15) is 0 Å². The van der Waals surface area contributed by atoms with E-state index in [1.54, 1.807) is 14.1 Å². The number of hydrogen-bond acceptors (Lipinski definition) is 3. The van der Waals surface area contributed by atoms with Crippen LogP contribution in [-0.4, -0.2) is 55.2 Å². The summed E-state index contributed by atoms with van der Waals surface area (Å²) in [5, 5.41) is 14.3. The summed E-state index contributed by atoms with van der Waals surface area (Å²) < 4.78 is 0. The molecule has 1 atom stereocenters. The van der Waals surface area contributed by atoms with Gasteiger partial charge in [-0.15, -0.1) is 0 Å². The van der Waals surface area contributed by atoms with Crippen LogP contribution in [0.25, 0.3) is 0 Å². The molecule has 0 aliphatic carbocycles. The van der Waals surface area contributed by atoms with Crippen LogP contribution >= 0.6 is 0 Å². The van der Waals surface area contributed by atoms with Gasteiger partial charge in [-0.25, -0.2) is 4.79 Å². The lowest BCUT2D eigenvalue weighted by Gasteiger charge is -2.15. The Labute approximate surface area is 96.0 Å². The summed E-state index contributed by atoms with van der Waals surface area (Å²) in [7, 11) is 3.36. The topological polar surface area (TPSA) is 81.7 Å². The fraction of sp³-hybridized carbons (Fsp3) is 0.800. The van der Waals surface area contributed by atoms with Crippen LogP contribution < -0.4 is 10.6 Å². The summed E-state index contributed by atoms with van der Waals surface area (Å²) >= 11 is 0. The predicted molar refractivity (Wildman–Crippen MR) is 61.4 cm³/mol. The number of carboxylic acids is 1. The first-order valence-electron chi connectivity index (χ1n) is 5.33. The molecule has 0 aromatic carbocycles. The molecular weight excluding hydrogens is 210 g/mol. The molecular formula is C10H21N3O3. The van der Waals surface area contributed by atoms with Crippen LogP contribution in [0, 0.1) is 0 Å². The first-order chi connectivity index (χ1) is 7.43. The number of carboxylic acid groups (broad SMARTS) is 1. The number of carbonyl (C=O) groups is 2. The quantitative estimate of drug-likeness (QED) is 0.543. The van der Waals surface area contributed by atoms with Gasteiger partial charge in [-0.3, -0.25) is 4.79 Å². The summed E-state index contributed by atoms with van der Waals surface area (Å²) in [4.78, 5) is 22.9. The minimum Gasteiger partial charge on any atom is -0.481 e. The van der Waals surface area contributed by atoms with Gasteiger partial charge in [-0.05, 0) is 13.3 Å². The van der Waals surface area contributed by atoms with E-state index >= 15 is 0 Å². The van der Waals surface area contributed by atoms with E-state index in [4.69, 9.17) is 5.11 Å². The van der Waals surface area contributed by atoms with Crippen LogP contribution in [0.3, 0.4) is 0 Å². The molecule has 0 radical (unpaired) electrons. The number of amides is 2. The van der Waals surface area contributed by atoms with Gasteiger partial charge in [0.15, 0.2) is 0 Å². The van der Waals surface area contributed by atoms with Crippen molar-refractivity contribution < 1.29 is 14.7 Å². The molecule has 0 bridgehead atoms. The van der Waals surface area contributed by atoms with Crippen molar-refractivity contribution in [2.24, 2.45) is 0 Å². The highest BCUT2D eigenvalue weighted by atomic mass is 16.4. The highest BCUT2D eigenvalue weighted by molar-refractivity contribution is 5.73. The summed E-state index contributed by atoms with van der Waals surface area (Å²) in [5.74, 6) is -0.783. The van der Waals surface area contributed by atoms with E-state index in [2.05, 4.69) is 10.6 Å². The van der Waals surface area contributed by atoms with Gasteiger partial charge in [0, 0.05) is 39.6 Å². The molecule has 1 unspecified atom stereocenters. The second-order valence-electron chi connectivity index (χ2n) is 3.91. The predicted octanol–water partition coefficient (Wildman–Crippen LogP) is 0.101. The largest absolute Gasteiger partial charge is 0.481 e. The monoisotopic (exact) mass is 231 g/mol. The molecule has 6 heteroatoms. The van der Waals surface area contributed by atoms with E-state index in [0.717, 1.165) is 0 Å². The summed E-state index contributed by atoms with van der Waals surface area (Å²) in [6.45, 7) is 3.10. The van der Waals surface area contributed by atoms with Crippen molar-refractivity contribution in [3.05, 3.63) is 0 Å². The third-order valence-electron chi connectivity index (χ3n) is 2.09. The Balaban J connectivity index is 3.44. The minimum atomic E-state index is -0.783. The Hall–Kier alpha value is -1.30. The van der Waals surface area contributed by atoms with E-state index in [1.807, 2.05) is 6.92 Å². The van der Waals surface area contributed by atoms with Crippen molar-refractivity contribution in [3.63, 3.8) is 0 Å². The highest BCUT2D eigenvalue weighted by Gasteiger charge is 2.05. The van der Waals surface area contributed by atoms with Crippen LogP contribution in [0.5, 0.6) is 0 Å². The number of urea groups is 1. The van der Waals surface area contributed by atoms with Gasteiger partial charge in [0.05, 0.1) is 0 Å². The fourth-order valence-electron chi connectivity index (χ4n) is 1.09. The average Bonchev–Trinajstić information content (AvgIpc) is 2.20. The Morgan fingerprint density at radius 1 is 1.31 bits per heavy atom. The van der Waals surface area contributed by atoms with E-state index < -0.39 is 5.97 Å². The molecule has 3 N–H and O–H groups in total. The summed E-state index contributed by atoms with van der Waals surface area (Å²) in [6, 6.07) is 0.0207. The maximum Gasteiger partial charge on any atom is 0.316 e. The number of nitrogens with one attached hydrogen (secondary N) is 2. The molecule has 0 aromatic rings. The molecule has 0 heterocycles. The van der Waals surface area contributed by atoms with Crippen molar-refractivity contribution >= 4 is 12.0 Å². The van der Waals surface area contributed by atoms with Crippen molar-refractivity contribution in [1.29, 1.82) is 0 Å². The second-order valence-corrected chi connectivity index (χ2v) is 3.91. The molecule has 0 fully saturated rings. The van der Waals surface area contributed by atoms with Crippen molar-refractivity contribution in [3.8, 4) is 0 Å². The van der Waals surface area contributed by atoms with E-state index in [1.165, 1.54) is 4.90 Å². The van der Waals surface area contributed by atoms with Crippen molar-refractivity contribution in [2.45, 2.75) is 25.8 Å². The van der Waals surface area contributed by atoms with Crippen LogP contribution in [-0.2, 0) is 4.79 Å². The zero-order chi connectivity index (χ0) is 12.6. The Kier molecular flexibility index (Phi) is 7.28. The number of hydrogen-bond donors (Lipinski definition) is 3. The molecule has 0 saturated carbocycles. The van der Waals surface area contributed by atoms with Crippen LogP contribution in [0.15, 0.2) is 0 Å². The Bertz CT molecular complexity index is 231. The van der Waals surface area contributed by atoms with E-state index in [9.17, 15) is 9.59 Å². The van der Waals surface area contributed by atoms with Gasteiger partial charge in [0.1, 0.15) is 0 Å². The molecule has 6 nitrogen and oxygen atoms in total. The van der Waals surface area contributed by atoms with Crippen LogP contribution in [0.4, 0.5) is 4.79 Å². The molecule has 0 spiro atoms. The standard InChI is InChI=1S/C10H21N3O3/c1-8(4-5-9(14)15)11-6-7-12-10(16)13(2)3/h8,11H,4-7H2,1-3H3,(H,12,16)(H,14,15). The molecule has 0 saturated heterocycles. The SMILES string of the molecule is CC(CCC(=O)O)NCCNC(=O)N(C)C. The molecule has 2 amide bonds. The molecule has 94 valence electrons. The van der Waals surface area contributed by atoms with Crippen LogP contribution in [0.1, 0.15) is 19.8 Å². The number of aliphatic carboxylic acids is 1. The van der Waals surface area contributed by atoms with Gasteiger partial charge in [-0.1, -0.05) is 0 Å². The van der Waals surface area contributed by atoms with Crippen molar-refractivity contribution in [2.75, 3.05) is 27.2 Å². The molecule has 0 aliphatic rings. The van der Waals surface area contributed by atoms with E-state index in [0.29, 0.717) is 19.5 Å². The van der Waals surface area contributed by atoms with Crippen LogP contribution in [0.2, 0.25) is 0 Å². The fourth-order valence-corrected chi connectivity index (χ4v) is 1.09. The zero-order valence-electron chi connectivity index (χ0n) is 10.1. The Morgan fingerprint density at radius 2 is 1.94 bits per heavy atom. The van der Waals surface area contributed by atoms with Gasteiger partial charge in [0.2, 0.25) is 0 Å². The lowest BCUT2D eigenvalue weighted by atomic mass is 10.2. The molecule has 0 rings (SSSR count). The average molecular weight is 231 g/mol. The minimum absolute atomic E-state index is 0.125. The lowest BCUT2D eigenvalue weighted by Crippen LogP contribution is -2.40. The first kappa shape index (κ1) is 14.7. The van der Waals surface area contributed by atoms with Gasteiger partial charge < -0.3 is 20.6 Å². The number of rotatable bonds is 7. The summed E-state index contributed by atoms with van der Waals surface area (Å²) in [6.07, 6.45) is 0.759. The van der Waals surface area contributed by atoms with Gasteiger partial charge >= 0.3 is 12.0 Å². The van der Waals surface area contributed by atoms with Crippen molar-refractivity contribution in [1.82, 2.24) is 15.5 Å². The maximum atomic E-state index is 11.1. The Morgan fingerprint density at radius 3 is 2.44 bits per heavy atom. The summed E-state index contributed by atoms with van der Waals surface area (Å²) in [5.41, 5.74) is 0.